The molecule has 5 rings (SSSR count). The summed E-state index contributed by atoms with van der Waals surface area (Å²) in [6.07, 6.45) is 1.49. The monoisotopic (exact) mass is 383 g/mol. The number of rotatable bonds is 5. The lowest BCUT2D eigenvalue weighted by Gasteiger charge is -2.30. The van der Waals surface area contributed by atoms with Crippen molar-refractivity contribution in [1.29, 1.82) is 0 Å². The summed E-state index contributed by atoms with van der Waals surface area (Å²) in [5.74, 6) is 2.78. The van der Waals surface area contributed by atoms with Crippen LogP contribution in [-0.4, -0.2) is 23.5 Å². The van der Waals surface area contributed by atoms with E-state index in [4.69, 9.17) is 14.2 Å². The highest BCUT2D eigenvalue weighted by atomic mass is 32.1. The lowest BCUT2D eigenvalue weighted by molar-refractivity contribution is 0.174. The second kappa shape index (κ2) is 6.35. The Balaban J connectivity index is 1.21. The lowest BCUT2D eigenvalue weighted by Crippen LogP contribution is -2.23. The first-order valence-electron chi connectivity index (χ1n) is 8.71. The SMILES string of the molecule is O=c1[nH]c(O)c(Cc2ccc(OCC3Cc4cc5c(cc43)OCO5)cc2)s1. The van der Waals surface area contributed by atoms with Gasteiger partial charge in [-0.05, 0) is 47.4 Å². The number of H-pyrrole nitrogens is 1. The molecule has 6 nitrogen and oxygen atoms in total. The number of nitrogens with one attached hydrogen (secondary N) is 1. The van der Waals surface area contributed by atoms with E-state index in [0.29, 0.717) is 30.6 Å². The topological polar surface area (TPSA) is 80.8 Å². The average molecular weight is 383 g/mol. The molecule has 1 unspecified atom stereocenters. The molecule has 2 aromatic carbocycles. The van der Waals surface area contributed by atoms with E-state index in [1.165, 1.54) is 11.1 Å². The molecule has 0 radical (unpaired) electrons. The van der Waals surface area contributed by atoms with Crippen molar-refractivity contribution < 1.29 is 19.3 Å². The van der Waals surface area contributed by atoms with E-state index >= 15 is 0 Å². The summed E-state index contributed by atoms with van der Waals surface area (Å²) >= 11 is 1.03. The molecular formula is C20H17NO5S. The van der Waals surface area contributed by atoms with Crippen molar-refractivity contribution in [2.24, 2.45) is 0 Å². The minimum absolute atomic E-state index is 0.0464. The minimum atomic E-state index is -0.245. The summed E-state index contributed by atoms with van der Waals surface area (Å²) in [5.41, 5.74) is 3.58. The molecule has 27 heavy (non-hydrogen) atoms. The van der Waals surface area contributed by atoms with Gasteiger partial charge < -0.3 is 19.3 Å². The van der Waals surface area contributed by atoms with Gasteiger partial charge in [0.15, 0.2) is 11.5 Å². The van der Waals surface area contributed by atoms with Gasteiger partial charge in [0.2, 0.25) is 12.7 Å². The molecule has 1 aromatic heterocycles. The number of ether oxygens (including phenoxy) is 3. The standard InChI is InChI=1S/C20H17NO5S/c22-19-18(27-20(23)21-19)5-11-1-3-14(4-2-11)24-9-13-6-12-7-16-17(8-15(12)13)26-10-25-16/h1-4,7-8,13,22H,5-6,9-10H2,(H,21,23). The van der Waals surface area contributed by atoms with Crippen LogP contribution in [0.25, 0.3) is 0 Å². The Morgan fingerprint density at radius 1 is 1.19 bits per heavy atom. The van der Waals surface area contributed by atoms with Crippen molar-refractivity contribution in [1.82, 2.24) is 4.98 Å². The van der Waals surface area contributed by atoms with Crippen LogP contribution in [0.2, 0.25) is 0 Å². The number of hydrogen-bond acceptors (Lipinski definition) is 6. The molecule has 1 aliphatic carbocycles. The summed E-state index contributed by atoms with van der Waals surface area (Å²) in [4.78, 5) is 14.0. The summed E-state index contributed by atoms with van der Waals surface area (Å²) < 4.78 is 16.8. The zero-order chi connectivity index (χ0) is 18.4. The van der Waals surface area contributed by atoms with Gasteiger partial charge in [-0.2, -0.15) is 0 Å². The van der Waals surface area contributed by atoms with Crippen LogP contribution in [0.4, 0.5) is 0 Å². The fourth-order valence-electron chi connectivity index (χ4n) is 3.51. The van der Waals surface area contributed by atoms with Crippen LogP contribution in [0.3, 0.4) is 0 Å². The van der Waals surface area contributed by atoms with E-state index in [0.717, 1.165) is 40.6 Å². The van der Waals surface area contributed by atoms with E-state index in [2.05, 4.69) is 17.1 Å². The van der Waals surface area contributed by atoms with Crippen LogP contribution in [0, 0.1) is 0 Å². The predicted molar refractivity (Wildman–Crippen MR) is 100 cm³/mol. The molecule has 2 heterocycles. The number of aromatic hydroxyl groups is 1. The van der Waals surface area contributed by atoms with Crippen LogP contribution < -0.4 is 19.1 Å². The van der Waals surface area contributed by atoms with E-state index in [-0.39, 0.29) is 10.8 Å². The highest BCUT2D eigenvalue weighted by Crippen LogP contribution is 2.44. The van der Waals surface area contributed by atoms with Crippen molar-refractivity contribution in [3.63, 3.8) is 0 Å². The number of thiazole rings is 1. The zero-order valence-corrected chi connectivity index (χ0v) is 15.2. The van der Waals surface area contributed by atoms with Gasteiger partial charge in [-0.1, -0.05) is 23.5 Å². The van der Waals surface area contributed by atoms with Gasteiger partial charge in [0.1, 0.15) is 5.75 Å². The van der Waals surface area contributed by atoms with Crippen LogP contribution >= 0.6 is 11.3 Å². The molecule has 0 saturated heterocycles. The third-order valence-corrected chi connectivity index (χ3v) is 5.85. The normalized spacial score (nSPS) is 16.7. The average Bonchev–Trinajstić information content (AvgIpc) is 3.22. The lowest BCUT2D eigenvalue weighted by atomic mass is 9.78. The predicted octanol–water partition coefficient (Wildman–Crippen LogP) is 3.18. The maximum absolute atomic E-state index is 11.3. The maximum atomic E-state index is 11.3. The summed E-state index contributed by atoms with van der Waals surface area (Å²) in [7, 11) is 0. The Morgan fingerprint density at radius 3 is 2.70 bits per heavy atom. The number of aromatic nitrogens is 1. The van der Waals surface area contributed by atoms with Gasteiger partial charge in [0.25, 0.3) is 0 Å². The summed E-state index contributed by atoms with van der Waals surface area (Å²) in [6, 6.07) is 11.9. The first kappa shape index (κ1) is 16.3. The number of benzene rings is 2. The highest BCUT2D eigenvalue weighted by Gasteiger charge is 2.30. The second-order valence-corrected chi connectivity index (χ2v) is 7.79. The Labute approximate surface area is 159 Å². The van der Waals surface area contributed by atoms with Gasteiger partial charge in [0, 0.05) is 12.3 Å². The maximum Gasteiger partial charge on any atom is 0.307 e. The van der Waals surface area contributed by atoms with Crippen LogP contribution in [0.1, 0.15) is 27.5 Å². The fourth-order valence-corrected chi connectivity index (χ4v) is 4.27. The summed E-state index contributed by atoms with van der Waals surface area (Å²) in [5, 5.41) is 9.68. The van der Waals surface area contributed by atoms with E-state index < -0.39 is 0 Å². The van der Waals surface area contributed by atoms with Crippen molar-refractivity contribution in [2.45, 2.75) is 18.8 Å². The van der Waals surface area contributed by atoms with Gasteiger partial charge in [-0.3, -0.25) is 9.78 Å². The molecule has 2 N–H and O–H groups in total. The largest absolute Gasteiger partial charge is 0.494 e. The molecule has 0 amide bonds. The highest BCUT2D eigenvalue weighted by molar-refractivity contribution is 7.09. The fraction of sp³-hybridized carbons (Fsp3) is 0.250. The first-order valence-corrected chi connectivity index (χ1v) is 9.52. The number of hydrogen-bond donors (Lipinski definition) is 2. The molecule has 0 saturated carbocycles. The molecule has 0 fully saturated rings. The number of aromatic amines is 1. The Bertz CT molecular complexity index is 1050. The van der Waals surface area contributed by atoms with Crippen LogP contribution in [-0.2, 0) is 12.8 Å². The van der Waals surface area contributed by atoms with Crippen molar-refractivity contribution >= 4 is 11.3 Å². The van der Waals surface area contributed by atoms with Gasteiger partial charge >= 0.3 is 4.87 Å². The molecule has 1 atom stereocenters. The molecular weight excluding hydrogens is 366 g/mol. The molecule has 1 aliphatic heterocycles. The minimum Gasteiger partial charge on any atom is -0.494 e. The Hall–Kier alpha value is -2.93. The van der Waals surface area contributed by atoms with E-state index in [1.54, 1.807) is 0 Å². The molecule has 7 heteroatoms. The Kier molecular flexibility index (Phi) is 3.82. The van der Waals surface area contributed by atoms with Gasteiger partial charge in [-0.15, -0.1) is 0 Å². The molecule has 2 aliphatic rings. The summed E-state index contributed by atoms with van der Waals surface area (Å²) in [6.45, 7) is 0.912. The molecule has 0 bridgehead atoms. The van der Waals surface area contributed by atoms with Gasteiger partial charge in [0.05, 0.1) is 11.5 Å². The first-order chi connectivity index (χ1) is 13.2. The third kappa shape index (κ3) is 3.04. The van der Waals surface area contributed by atoms with Crippen molar-refractivity contribution in [2.75, 3.05) is 13.4 Å². The second-order valence-electron chi connectivity index (χ2n) is 6.72. The smallest absolute Gasteiger partial charge is 0.307 e. The van der Waals surface area contributed by atoms with Crippen molar-refractivity contribution in [3.8, 4) is 23.1 Å². The Morgan fingerprint density at radius 2 is 1.96 bits per heavy atom. The zero-order valence-electron chi connectivity index (χ0n) is 14.4. The van der Waals surface area contributed by atoms with Crippen LogP contribution in [0.15, 0.2) is 41.2 Å². The van der Waals surface area contributed by atoms with Gasteiger partial charge in [-0.25, -0.2) is 0 Å². The van der Waals surface area contributed by atoms with E-state index in [9.17, 15) is 9.90 Å². The third-order valence-electron chi connectivity index (χ3n) is 4.98. The quantitative estimate of drug-likeness (QED) is 0.707. The number of fused-ring (bicyclic) bond motifs is 2. The molecule has 3 aromatic rings. The van der Waals surface area contributed by atoms with E-state index in [1.807, 2.05) is 24.3 Å². The van der Waals surface area contributed by atoms with Crippen molar-refractivity contribution in [3.05, 3.63) is 67.6 Å². The molecule has 138 valence electrons. The van der Waals surface area contributed by atoms with Crippen LogP contribution in [0.5, 0.6) is 23.1 Å². The molecule has 0 spiro atoms.